The van der Waals surface area contributed by atoms with Gasteiger partial charge in [0.25, 0.3) is 17.9 Å². The van der Waals surface area contributed by atoms with Crippen LogP contribution in [0.1, 0.15) is 20.8 Å². The Morgan fingerprint density at radius 1 is 0.692 bits per heavy atom. The molecule has 0 atom stereocenters. The zero-order valence-electron chi connectivity index (χ0n) is 7.57. The van der Waals surface area contributed by atoms with Gasteiger partial charge in [0.1, 0.15) is 0 Å². The van der Waals surface area contributed by atoms with Gasteiger partial charge in [0, 0.05) is 31.7 Å². The predicted octanol–water partition coefficient (Wildman–Crippen LogP) is -0.108. The van der Waals surface area contributed by atoms with Crippen LogP contribution < -0.4 is 0 Å². The average molecular weight is 208 g/mol. The van der Waals surface area contributed by atoms with Crippen LogP contribution in [0.25, 0.3) is 0 Å². The van der Waals surface area contributed by atoms with Crippen molar-refractivity contribution >= 4 is 28.9 Å². The Hall–Kier alpha value is -1.37. The third-order valence-corrected chi connectivity index (χ3v) is 0. The van der Waals surface area contributed by atoms with E-state index in [1.165, 1.54) is 0 Å². The highest BCUT2D eigenvalue weighted by Crippen LogP contribution is 1.42. The van der Waals surface area contributed by atoms with Crippen LogP contribution in [0.3, 0.4) is 0 Å². The minimum Gasteiger partial charge on any atom is -0.481 e. The summed E-state index contributed by atoms with van der Waals surface area (Å²) >= 11 is 0. The minimum atomic E-state index is -0.833. The molecule has 0 amide bonds. The molecule has 3 N–H and O–H groups in total. The normalized spacial score (nSPS) is 5.77. The topological polar surface area (TPSA) is 112 Å². The Kier molecular flexibility index (Phi) is 29.4. The smallest absolute Gasteiger partial charge is 0.300 e. The van der Waals surface area contributed by atoms with Gasteiger partial charge in [0.05, 0.1) is 0 Å². The molecule has 0 saturated carbocycles. The molecule has 0 rings (SSSR count). The second-order valence-electron chi connectivity index (χ2n) is 1.56. The highest BCUT2D eigenvalue weighted by Gasteiger charge is 1.66. The maximum absolute atomic E-state index is 9.00. The van der Waals surface area contributed by atoms with E-state index in [1.54, 1.807) is 0 Å². The summed E-state index contributed by atoms with van der Waals surface area (Å²) in [5, 5.41) is 22.2. The van der Waals surface area contributed by atoms with Gasteiger partial charge in [-0.1, -0.05) is 0 Å². The summed E-state index contributed by atoms with van der Waals surface area (Å²) in [6, 6.07) is 0. The first kappa shape index (κ1) is 22.6. The van der Waals surface area contributed by atoms with E-state index in [9.17, 15) is 0 Å². The van der Waals surface area contributed by atoms with Crippen LogP contribution in [0.2, 0.25) is 0 Å². The number of hydrogen-bond donors (Lipinski definition) is 3. The van der Waals surface area contributed by atoms with Crippen LogP contribution in [0.5, 0.6) is 0 Å². The van der Waals surface area contributed by atoms with Crippen LogP contribution in [-0.2, 0) is 14.4 Å². The molecular formula is C6H12O6Si. The van der Waals surface area contributed by atoms with Gasteiger partial charge in [0.15, 0.2) is 0 Å². The first-order chi connectivity index (χ1) is 5.20. The molecule has 0 saturated heterocycles. The Morgan fingerprint density at radius 2 is 0.692 bits per heavy atom. The van der Waals surface area contributed by atoms with Crippen LogP contribution in [0.15, 0.2) is 0 Å². The van der Waals surface area contributed by atoms with E-state index in [1.807, 2.05) is 0 Å². The van der Waals surface area contributed by atoms with Gasteiger partial charge in [-0.15, -0.1) is 0 Å². The molecule has 0 aliphatic carbocycles. The third-order valence-electron chi connectivity index (χ3n) is 0. The summed E-state index contributed by atoms with van der Waals surface area (Å²) in [5.74, 6) is -2.50. The predicted molar refractivity (Wildman–Crippen MR) is 45.7 cm³/mol. The molecule has 0 bridgehead atoms. The van der Waals surface area contributed by atoms with Crippen LogP contribution >= 0.6 is 0 Å². The van der Waals surface area contributed by atoms with Crippen molar-refractivity contribution in [2.45, 2.75) is 20.8 Å². The fraction of sp³-hybridized carbons (Fsp3) is 0.500. The number of hydrogen-bond acceptors (Lipinski definition) is 3. The number of carboxylic acid groups (broad SMARTS) is 3. The van der Waals surface area contributed by atoms with Crippen LogP contribution in [-0.4, -0.2) is 44.2 Å². The van der Waals surface area contributed by atoms with E-state index < -0.39 is 17.9 Å². The van der Waals surface area contributed by atoms with E-state index in [4.69, 9.17) is 29.7 Å². The summed E-state index contributed by atoms with van der Waals surface area (Å²) < 4.78 is 0. The largest absolute Gasteiger partial charge is 0.481 e. The summed E-state index contributed by atoms with van der Waals surface area (Å²) in [6.45, 7) is 3.25. The molecule has 0 aromatic carbocycles. The Morgan fingerprint density at radius 3 is 0.692 bits per heavy atom. The molecule has 0 aromatic heterocycles. The molecule has 0 heterocycles. The Balaban J connectivity index is -0.0000000450. The zero-order valence-corrected chi connectivity index (χ0v) is 8.57. The maximum Gasteiger partial charge on any atom is 0.300 e. The van der Waals surface area contributed by atoms with E-state index in [-0.39, 0.29) is 11.0 Å². The fourth-order valence-electron chi connectivity index (χ4n) is 0. The first-order valence-corrected chi connectivity index (χ1v) is 2.78. The number of aliphatic carboxylic acids is 3. The standard InChI is InChI=1S/3C2H4O2.Si/c3*1-2(3)4;/h3*1H3,(H,3,4);. The highest BCUT2D eigenvalue weighted by molar-refractivity contribution is 5.75. The van der Waals surface area contributed by atoms with Crippen molar-refractivity contribution in [2.75, 3.05) is 0 Å². The van der Waals surface area contributed by atoms with Gasteiger partial charge in [0.2, 0.25) is 0 Å². The fourth-order valence-corrected chi connectivity index (χ4v) is 0. The summed E-state index contributed by atoms with van der Waals surface area (Å²) in [6.07, 6.45) is 0. The molecule has 6 nitrogen and oxygen atoms in total. The monoisotopic (exact) mass is 208 g/mol. The highest BCUT2D eigenvalue weighted by atomic mass is 28.1. The number of carbonyl (C=O) groups is 3. The number of carboxylic acids is 3. The van der Waals surface area contributed by atoms with E-state index in [0.29, 0.717) is 0 Å². The molecule has 0 aliphatic rings. The summed E-state index contributed by atoms with van der Waals surface area (Å²) in [4.78, 5) is 27.0. The number of rotatable bonds is 0. The maximum atomic E-state index is 9.00. The quantitative estimate of drug-likeness (QED) is 0.479. The van der Waals surface area contributed by atoms with Gasteiger partial charge >= 0.3 is 0 Å². The average Bonchev–Trinajstić information content (AvgIpc) is 1.54. The SMILES string of the molecule is CC(=O)O.CC(=O)O.CC(=O)O.[Si]. The van der Waals surface area contributed by atoms with Crippen molar-refractivity contribution in [2.24, 2.45) is 0 Å². The van der Waals surface area contributed by atoms with Crippen molar-refractivity contribution in [3.05, 3.63) is 0 Å². The zero-order chi connectivity index (χ0) is 10.7. The molecule has 4 radical (unpaired) electrons. The van der Waals surface area contributed by atoms with Crippen molar-refractivity contribution < 1.29 is 29.7 Å². The minimum absolute atomic E-state index is 0. The molecule has 0 spiro atoms. The van der Waals surface area contributed by atoms with Gasteiger partial charge < -0.3 is 15.3 Å². The van der Waals surface area contributed by atoms with Gasteiger partial charge in [-0.2, -0.15) is 0 Å². The van der Waals surface area contributed by atoms with Crippen molar-refractivity contribution in [1.82, 2.24) is 0 Å². The molecule has 0 aliphatic heterocycles. The Bertz CT molecular complexity index is 115. The van der Waals surface area contributed by atoms with Crippen molar-refractivity contribution in [3.63, 3.8) is 0 Å². The van der Waals surface area contributed by atoms with Crippen molar-refractivity contribution in [3.8, 4) is 0 Å². The molecule has 13 heavy (non-hydrogen) atoms. The van der Waals surface area contributed by atoms with Gasteiger partial charge in [-0.3, -0.25) is 14.4 Å². The lowest BCUT2D eigenvalue weighted by molar-refractivity contribution is -0.135. The Labute approximate surface area is 80.2 Å². The third kappa shape index (κ3) is 419. The van der Waals surface area contributed by atoms with Gasteiger partial charge in [-0.25, -0.2) is 0 Å². The van der Waals surface area contributed by atoms with E-state index >= 15 is 0 Å². The van der Waals surface area contributed by atoms with Crippen LogP contribution in [0.4, 0.5) is 0 Å². The second-order valence-corrected chi connectivity index (χ2v) is 1.56. The molecule has 0 unspecified atom stereocenters. The van der Waals surface area contributed by atoms with Crippen molar-refractivity contribution in [1.29, 1.82) is 0 Å². The molecule has 0 aromatic rings. The first-order valence-electron chi connectivity index (χ1n) is 2.78. The molecule has 7 heteroatoms. The van der Waals surface area contributed by atoms with E-state index in [0.717, 1.165) is 20.8 Å². The lowest BCUT2D eigenvalue weighted by Crippen LogP contribution is -1.78. The molecular weight excluding hydrogens is 196 g/mol. The van der Waals surface area contributed by atoms with E-state index in [2.05, 4.69) is 0 Å². The summed E-state index contributed by atoms with van der Waals surface area (Å²) in [7, 11) is 0. The lowest BCUT2D eigenvalue weighted by Gasteiger charge is -1.59. The second kappa shape index (κ2) is 16.9. The van der Waals surface area contributed by atoms with Gasteiger partial charge in [-0.05, 0) is 0 Å². The lowest BCUT2D eigenvalue weighted by atomic mass is 10.9. The molecule has 76 valence electrons. The van der Waals surface area contributed by atoms with Crippen LogP contribution in [0, 0.1) is 0 Å². The summed E-state index contributed by atoms with van der Waals surface area (Å²) in [5.41, 5.74) is 0. The molecule has 0 fully saturated rings.